The number of ether oxygens (including phenoxy) is 10. The van der Waals surface area contributed by atoms with Gasteiger partial charge in [-0.1, -0.05) is 72.8 Å². The van der Waals surface area contributed by atoms with Crippen molar-refractivity contribution in [3.8, 4) is 158 Å². The van der Waals surface area contributed by atoms with Crippen LogP contribution in [0.5, 0.6) is 57.5 Å². The lowest BCUT2D eigenvalue weighted by atomic mass is 9.82. The molecule has 20 heteroatoms. The summed E-state index contributed by atoms with van der Waals surface area (Å²) >= 11 is 0. The maximum absolute atomic E-state index is 13.1. The number of benzene rings is 10. The Kier molecular flexibility index (Phi) is 21.1. The van der Waals surface area contributed by atoms with Crippen molar-refractivity contribution in [2.24, 2.45) is 0 Å². The SMILES string of the molecule is CC(=O)Oc1ccc(-c2ccc(OC(C)=O)cc2-c2cc(OC(C)=O)ccc2-c2ccc(OC(C)=O)cc2-c2cc(OC(C)=O)ccc2-c2ccc(OC(C)=O)cc2-c2cc(OC(C)=O)ccc2-c2ccc(OC(C)=O)cc2-c2cc(OC(C)=O)ccc2-c2ccc(OC(C)=O)cc2)cc1. The summed E-state index contributed by atoms with van der Waals surface area (Å²) in [5.74, 6) is -4.92. The monoisotopic (exact) mass is 1340 g/mol. The van der Waals surface area contributed by atoms with E-state index in [2.05, 4.69) is 0 Å². The van der Waals surface area contributed by atoms with Gasteiger partial charge in [0, 0.05) is 69.2 Å². The molecule has 0 N–H and O–H groups in total. The minimum atomic E-state index is -0.675. The molecule has 0 spiro atoms. The average Bonchev–Trinajstić information content (AvgIpc) is 0.748. The van der Waals surface area contributed by atoms with Gasteiger partial charge in [-0.25, -0.2) is 0 Å². The number of carbonyl (C=O) groups excluding carboxylic acids is 10. The Bertz CT molecular complexity index is 4670. The minimum Gasteiger partial charge on any atom is -0.427 e. The van der Waals surface area contributed by atoms with Crippen LogP contribution in [0.25, 0.3) is 100 Å². The molecule has 0 aliphatic heterocycles. The highest BCUT2D eigenvalue weighted by molar-refractivity contribution is 6.05. The van der Waals surface area contributed by atoms with Crippen LogP contribution in [-0.4, -0.2) is 59.7 Å². The molecular formula is C80H62O20. The van der Waals surface area contributed by atoms with Crippen molar-refractivity contribution in [1.29, 1.82) is 0 Å². The molecule has 0 atom stereocenters. The van der Waals surface area contributed by atoms with Gasteiger partial charge in [-0.2, -0.15) is 0 Å². The lowest BCUT2D eigenvalue weighted by Crippen LogP contribution is -2.05. The molecule has 20 nitrogen and oxygen atoms in total. The van der Waals surface area contributed by atoms with Crippen LogP contribution in [-0.2, 0) is 47.9 Å². The number of carbonyl (C=O) groups is 10. The third-order valence-corrected chi connectivity index (χ3v) is 14.9. The Morgan fingerprint density at radius 1 is 0.150 bits per heavy atom. The molecule has 0 saturated carbocycles. The van der Waals surface area contributed by atoms with Crippen LogP contribution in [0.15, 0.2) is 194 Å². The van der Waals surface area contributed by atoms with Gasteiger partial charge in [0.15, 0.2) is 0 Å². The zero-order valence-corrected chi connectivity index (χ0v) is 55.6. The molecule has 502 valence electrons. The first-order valence-corrected chi connectivity index (χ1v) is 30.9. The first kappa shape index (κ1) is 69.7. The Morgan fingerprint density at radius 2 is 0.270 bits per heavy atom. The van der Waals surface area contributed by atoms with E-state index < -0.39 is 59.7 Å². The Hall–Kier alpha value is -13.1. The predicted octanol–water partition coefficient (Wildman–Crippen LogP) is 15.9. The van der Waals surface area contributed by atoms with Crippen molar-refractivity contribution in [2.75, 3.05) is 0 Å². The molecule has 0 radical (unpaired) electrons. The van der Waals surface area contributed by atoms with E-state index in [1.54, 1.807) is 194 Å². The van der Waals surface area contributed by atoms with Crippen molar-refractivity contribution in [1.82, 2.24) is 0 Å². The summed E-state index contributed by atoms with van der Waals surface area (Å²) < 4.78 is 57.0. The number of hydrogen-bond donors (Lipinski definition) is 0. The zero-order chi connectivity index (χ0) is 71.6. The Morgan fingerprint density at radius 3 is 0.420 bits per heavy atom. The maximum Gasteiger partial charge on any atom is 0.308 e. The molecule has 0 fully saturated rings. The van der Waals surface area contributed by atoms with E-state index in [9.17, 15) is 47.9 Å². The van der Waals surface area contributed by atoms with Crippen molar-refractivity contribution < 1.29 is 95.3 Å². The molecule has 0 bridgehead atoms. The second kappa shape index (κ2) is 30.3. The van der Waals surface area contributed by atoms with Crippen LogP contribution >= 0.6 is 0 Å². The standard InChI is InChI=1S/C80H62O20/c1-43(81)91-55-15-11-53(12-16-55)65-27-19-57(93-45(3)83)35-73(65)75-37-59(95-47(5)85)21-29-67(75)69-31-23-61(97-49(7)87)39-77(69)79-41-63(99-51(9)89)25-33-71(79)72-34-26-64(100-52(10)90)42-80(72)78-40-62(98-50(8)88)24-32-70(78)68-30-22-60(96-48(6)86)38-76(68)74-36-58(94-46(4)84)20-28-66(74)54-13-17-56(18-14-54)92-44(2)82/h11-42H,1-10H3. The molecular weight excluding hydrogens is 1280 g/mol. The third kappa shape index (κ3) is 17.1. The van der Waals surface area contributed by atoms with Gasteiger partial charge in [-0.15, -0.1) is 0 Å². The molecule has 0 aliphatic carbocycles. The summed E-state index contributed by atoms with van der Waals surface area (Å²) in [5.41, 5.74) is 7.92. The first-order chi connectivity index (χ1) is 47.7. The molecule has 0 saturated heterocycles. The van der Waals surface area contributed by atoms with Crippen molar-refractivity contribution in [3.05, 3.63) is 194 Å². The molecule has 10 aromatic rings. The third-order valence-electron chi connectivity index (χ3n) is 14.9. The molecule has 0 aliphatic rings. The van der Waals surface area contributed by atoms with Crippen molar-refractivity contribution in [2.45, 2.75) is 69.2 Å². The van der Waals surface area contributed by atoms with Gasteiger partial charge in [0.2, 0.25) is 0 Å². The Balaban J connectivity index is 1.30. The van der Waals surface area contributed by atoms with Gasteiger partial charge < -0.3 is 47.4 Å². The van der Waals surface area contributed by atoms with Crippen molar-refractivity contribution >= 4 is 59.7 Å². The van der Waals surface area contributed by atoms with Gasteiger partial charge in [-0.05, 0) is 221 Å². The van der Waals surface area contributed by atoms with Crippen molar-refractivity contribution in [3.63, 3.8) is 0 Å². The summed E-state index contributed by atoms with van der Waals surface area (Å²) in [7, 11) is 0. The van der Waals surface area contributed by atoms with Crippen LogP contribution in [0.1, 0.15) is 69.2 Å². The lowest BCUT2D eigenvalue weighted by molar-refractivity contribution is -0.132. The molecule has 100 heavy (non-hydrogen) atoms. The summed E-state index contributed by atoms with van der Waals surface area (Å²) in [6, 6.07) is 52.7. The fraction of sp³-hybridized carbons (Fsp3) is 0.125. The summed E-state index contributed by atoms with van der Waals surface area (Å²) in [6.07, 6.45) is 0. The fourth-order valence-electron chi connectivity index (χ4n) is 11.5. The molecule has 0 aromatic heterocycles. The largest absolute Gasteiger partial charge is 0.427 e. The van der Waals surface area contributed by atoms with Crippen LogP contribution in [0.4, 0.5) is 0 Å². The Labute approximate surface area is 573 Å². The smallest absolute Gasteiger partial charge is 0.308 e. The van der Waals surface area contributed by atoms with E-state index in [1.165, 1.54) is 69.2 Å². The first-order valence-electron chi connectivity index (χ1n) is 30.9. The van der Waals surface area contributed by atoms with E-state index in [-0.39, 0.29) is 57.5 Å². The maximum atomic E-state index is 13.1. The van der Waals surface area contributed by atoms with E-state index in [4.69, 9.17) is 47.4 Å². The summed E-state index contributed by atoms with van der Waals surface area (Å²) in [4.78, 5) is 127. The van der Waals surface area contributed by atoms with Crippen LogP contribution < -0.4 is 47.4 Å². The predicted molar refractivity (Wildman–Crippen MR) is 368 cm³/mol. The lowest BCUT2D eigenvalue weighted by Gasteiger charge is -2.23. The molecule has 10 aromatic carbocycles. The number of esters is 10. The highest BCUT2D eigenvalue weighted by Gasteiger charge is 2.27. The molecule has 0 unspecified atom stereocenters. The second-order valence-electron chi connectivity index (χ2n) is 22.6. The van der Waals surface area contributed by atoms with Gasteiger partial charge >= 0.3 is 59.7 Å². The topological polar surface area (TPSA) is 263 Å². The van der Waals surface area contributed by atoms with E-state index in [0.717, 1.165) is 0 Å². The average molecular weight is 1340 g/mol. The van der Waals surface area contributed by atoms with E-state index in [1.807, 2.05) is 0 Å². The highest BCUT2D eigenvalue weighted by atomic mass is 16.6. The molecule has 10 rings (SSSR count). The molecule has 0 heterocycles. The zero-order valence-electron chi connectivity index (χ0n) is 55.6. The highest BCUT2D eigenvalue weighted by Crippen LogP contribution is 2.52. The minimum absolute atomic E-state index is 0.0648. The summed E-state index contributed by atoms with van der Waals surface area (Å²) in [6.45, 7) is 12.5. The van der Waals surface area contributed by atoms with Crippen LogP contribution in [0.2, 0.25) is 0 Å². The molecule has 0 amide bonds. The number of hydrogen-bond acceptors (Lipinski definition) is 20. The normalized spacial score (nSPS) is 10.7. The van der Waals surface area contributed by atoms with Crippen LogP contribution in [0.3, 0.4) is 0 Å². The van der Waals surface area contributed by atoms with E-state index >= 15 is 0 Å². The van der Waals surface area contributed by atoms with Gasteiger partial charge in [-0.3, -0.25) is 47.9 Å². The van der Waals surface area contributed by atoms with Gasteiger partial charge in [0.1, 0.15) is 57.5 Å². The number of rotatable bonds is 19. The van der Waals surface area contributed by atoms with Crippen LogP contribution in [0, 0.1) is 0 Å². The summed E-state index contributed by atoms with van der Waals surface area (Å²) in [5, 5.41) is 0. The van der Waals surface area contributed by atoms with Gasteiger partial charge in [0.25, 0.3) is 0 Å². The van der Waals surface area contributed by atoms with Gasteiger partial charge in [0.05, 0.1) is 0 Å². The fourth-order valence-corrected chi connectivity index (χ4v) is 11.5. The second-order valence-corrected chi connectivity index (χ2v) is 22.6. The van der Waals surface area contributed by atoms with E-state index in [0.29, 0.717) is 100 Å². The quantitative estimate of drug-likeness (QED) is 0.0538.